The van der Waals surface area contributed by atoms with Gasteiger partial charge < -0.3 is 5.32 Å². The molecule has 0 fully saturated rings. The zero-order chi connectivity index (χ0) is 14.9. The number of hydrogen-bond acceptors (Lipinski definition) is 4. The number of hydrogen-bond donors (Lipinski definition) is 1. The summed E-state index contributed by atoms with van der Waals surface area (Å²) in [5, 5.41) is 2.88. The zero-order valence-electron chi connectivity index (χ0n) is 12.1. The van der Waals surface area contributed by atoms with Crippen molar-refractivity contribution in [3.05, 3.63) is 47.2 Å². The fourth-order valence-corrected chi connectivity index (χ4v) is 4.16. The first kappa shape index (κ1) is 14.5. The average molecular weight is 290 g/mol. The van der Waals surface area contributed by atoms with E-state index in [0.29, 0.717) is 16.3 Å². The van der Waals surface area contributed by atoms with E-state index >= 15 is 0 Å². The summed E-state index contributed by atoms with van der Waals surface area (Å²) in [4.78, 5) is 4.86. The predicted octanol–water partition coefficient (Wildman–Crippen LogP) is 2.88. The Bertz CT molecular complexity index is 752. The highest BCUT2D eigenvalue weighted by molar-refractivity contribution is 7.91. The molecule has 0 atom stereocenters. The molecule has 0 spiro atoms. The second-order valence-corrected chi connectivity index (χ2v) is 6.63. The van der Waals surface area contributed by atoms with Gasteiger partial charge in [-0.15, -0.1) is 0 Å². The molecule has 0 saturated carbocycles. The van der Waals surface area contributed by atoms with Crippen molar-refractivity contribution in [3.8, 4) is 0 Å². The second-order valence-electron chi connectivity index (χ2n) is 4.78. The van der Waals surface area contributed by atoms with E-state index in [2.05, 4.69) is 10.3 Å². The summed E-state index contributed by atoms with van der Waals surface area (Å²) in [6.45, 7) is 5.43. The van der Waals surface area contributed by atoms with Gasteiger partial charge in [0.2, 0.25) is 9.84 Å². The Hall–Kier alpha value is -1.88. The molecule has 0 aliphatic rings. The molecule has 0 amide bonds. The SMILES string of the molecule is CNc1nc(C)cc(C)c1S(=O)(=O)c1ccccc1C. The number of nitrogens with one attached hydrogen (secondary N) is 1. The first-order valence-electron chi connectivity index (χ1n) is 6.34. The third kappa shape index (κ3) is 2.41. The fourth-order valence-electron chi connectivity index (χ4n) is 2.30. The molecule has 0 bridgehead atoms. The Morgan fingerprint density at radius 1 is 1.05 bits per heavy atom. The van der Waals surface area contributed by atoms with Gasteiger partial charge in [-0.05, 0) is 44.0 Å². The molecule has 0 radical (unpaired) electrons. The van der Waals surface area contributed by atoms with Crippen molar-refractivity contribution in [2.24, 2.45) is 0 Å². The quantitative estimate of drug-likeness (QED) is 0.944. The molecule has 0 aliphatic carbocycles. The van der Waals surface area contributed by atoms with Crippen molar-refractivity contribution in [2.45, 2.75) is 30.6 Å². The molecule has 5 heteroatoms. The Morgan fingerprint density at radius 3 is 2.30 bits per heavy atom. The lowest BCUT2D eigenvalue weighted by Gasteiger charge is -2.14. The highest BCUT2D eigenvalue weighted by Crippen LogP contribution is 2.31. The standard InChI is InChI=1S/C15H18N2O2S/c1-10-7-5-6-8-13(10)20(18,19)14-11(2)9-12(3)17-15(14)16-4/h5-9H,1-4H3,(H,16,17). The largest absolute Gasteiger partial charge is 0.372 e. The zero-order valence-corrected chi connectivity index (χ0v) is 12.9. The molecule has 0 aliphatic heterocycles. The third-order valence-electron chi connectivity index (χ3n) is 3.18. The predicted molar refractivity (Wildman–Crippen MR) is 79.9 cm³/mol. The second kappa shape index (κ2) is 5.25. The molecular weight excluding hydrogens is 272 g/mol. The number of aryl methyl sites for hydroxylation is 3. The minimum atomic E-state index is -3.58. The summed E-state index contributed by atoms with van der Waals surface area (Å²) in [6.07, 6.45) is 0. The highest BCUT2D eigenvalue weighted by Gasteiger charge is 2.26. The van der Waals surface area contributed by atoms with Crippen LogP contribution >= 0.6 is 0 Å². The highest BCUT2D eigenvalue weighted by atomic mass is 32.2. The van der Waals surface area contributed by atoms with Crippen molar-refractivity contribution in [3.63, 3.8) is 0 Å². The van der Waals surface area contributed by atoms with Gasteiger partial charge in [-0.2, -0.15) is 0 Å². The molecule has 0 saturated heterocycles. The fraction of sp³-hybridized carbons (Fsp3) is 0.267. The molecule has 2 rings (SSSR count). The average Bonchev–Trinajstić information content (AvgIpc) is 2.37. The molecule has 1 aromatic heterocycles. The van der Waals surface area contributed by atoms with Gasteiger partial charge in [0.25, 0.3) is 0 Å². The minimum Gasteiger partial charge on any atom is -0.372 e. The molecule has 1 aromatic carbocycles. The Kier molecular flexibility index (Phi) is 3.81. The first-order chi connectivity index (χ1) is 9.37. The van der Waals surface area contributed by atoms with E-state index in [0.717, 1.165) is 11.3 Å². The summed E-state index contributed by atoms with van der Waals surface area (Å²) < 4.78 is 25.8. The van der Waals surface area contributed by atoms with E-state index in [1.165, 1.54) is 0 Å². The van der Waals surface area contributed by atoms with Gasteiger partial charge in [0.05, 0.1) is 4.90 Å². The van der Waals surface area contributed by atoms with E-state index < -0.39 is 9.84 Å². The van der Waals surface area contributed by atoms with Crippen molar-refractivity contribution in [2.75, 3.05) is 12.4 Å². The van der Waals surface area contributed by atoms with Crippen molar-refractivity contribution in [1.29, 1.82) is 0 Å². The Morgan fingerprint density at radius 2 is 1.70 bits per heavy atom. The molecule has 4 nitrogen and oxygen atoms in total. The van der Waals surface area contributed by atoms with Gasteiger partial charge in [0.1, 0.15) is 10.7 Å². The summed E-state index contributed by atoms with van der Waals surface area (Å²) >= 11 is 0. The van der Waals surface area contributed by atoms with Gasteiger partial charge in [-0.1, -0.05) is 18.2 Å². The van der Waals surface area contributed by atoms with E-state index in [1.54, 1.807) is 45.2 Å². The van der Waals surface area contributed by atoms with Crippen LogP contribution < -0.4 is 5.32 Å². The van der Waals surface area contributed by atoms with Crippen LogP contribution in [0, 0.1) is 20.8 Å². The number of anilines is 1. The van der Waals surface area contributed by atoms with E-state index in [9.17, 15) is 8.42 Å². The minimum absolute atomic E-state index is 0.250. The summed E-state index contributed by atoms with van der Waals surface area (Å²) in [5.41, 5.74) is 2.22. The molecule has 1 heterocycles. The topological polar surface area (TPSA) is 59.1 Å². The molecule has 1 N–H and O–H groups in total. The van der Waals surface area contributed by atoms with Crippen molar-refractivity contribution in [1.82, 2.24) is 4.98 Å². The molecule has 20 heavy (non-hydrogen) atoms. The summed E-state index contributed by atoms with van der Waals surface area (Å²) in [7, 11) is -1.91. The van der Waals surface area contributed by atoms with Crippen LogP contribution in [0.4, 0.5) is 5.82 Å². The lowest BCUT2D eigenvalue weighted by Crippen LogP contribution is -2.11. The summed E-state index contributed by atoms with van der Waals surface area (Å²) in [6, 6.07) is 8.77. The van der Waals surface area contributed by atoms with Crippen LogP contribution in [0.25, 0.3) is 0 Å². The Labute approximate surface area is 119 Å². The van der Waals surface area contributed by atoms with Gasteiger partial charge in [-0.3, -0.25) is 0 Å². The number of sulfone groups is 1. The van der Waals surface area contributed by atoms with E-state index in [4.69, 9.17) is 0 Å². The molecule has 2 aromatic rings. The lowest BCUT2D eigenvalue weighted by molar-refractivity contribution is 0.595. The van der Waals surface area contributed by atoms with Gasteiger partial charge in [0, 0.05) is 12.7 Å². The van der Waals surface area contributed by atoms with Crippen LogP contribution in [-0.4, -0.2) is 20.4 Å². The maximum Gasteiger partial charge on any atom is 0.210 e. The van der Waals surface area contributed by atoms with Gasteiger partial charge in [-0.25, -0.2) is 13.4 Å². The van der Waals surface area contributed by atoms with Crippen LogP contribution in [0.2, 0.25) is 0 Å². The number of benzene rings is 1. The number of pyridine rings is 1. The molecule has 0 unspecified atom stereocenters. The molecular formula is C15H18N2O2S. The maximum atomic E-state index is 12.9. The van der Waals surface area contributed by atoms with E-state index in [-0.39, 0.29) is 4.90 Å². The molecule has 106 valence electrons. The van der Waals surface area contributed by atoms with Crippen LogP contribution in [0.5, 0.6) is 0 Å². The van der Waals surface area contributed by atoms with Crippen molar-refractivity contribution < 1.29 is 8.42 Å². The number of rotatable bonds is 3. The Balaban J connectivity index is 2.77. The third-order valence-corrected chi connectivity index (χ3v) is 5.27. The monoisotopic (exact) mass is 290 g/mol. The lowest BCUT2D eigenvalue weighted by atomic mass is 10.2. The van der Waals surface area contributed by atoms with Crippen LogP contribution in [0.1, 0.15) is 16.8 Å². The van der Waals surface area contributed by atoms with Gasteiger partial charge in [0.15, 0.2) is 0 Å². The normalized spacial score (nSPS) is 11.4. The van der Waals surface area contributed by atoms with Crippen LogP contribution in [0.3, 0.4) is 0 Å². The van der Waals surface area contributed by atoms with Crippen LogP contribution in [-0.2, 0) is 9.84 Å². The first-order valence-corrected chi connectivity index (χ1v) is 7.83. The summed E-state index contributed by atoms with van der Waals surface area (Å²) in [5.74, 6) is 0.394. The van der Waals surface area contributed by atoms with Gasteiger partial charge >= 0.3 is 0 Å². The number of nitrogens with zero attached hydrogens (tertiary/aromatic N) is 1. The number of aromatic nitrogens is 1. The van der Waals surface area contributed by atoms with Crippen molar-refractivity contribution >= 4 is 15.7 Å². The van der Waals surface area contributed by atoms with Crippen LogP contribution in [0.15, 0.2) is 40.1 Å². The van der Waals surface area contributed by atoms with E-state index in [1.807, 2.05) is 13.0 Å². The maximum absolute atomic E-state index is 12.9. The smallest absolute Gasteiger partial charge is 0.210 e.